The zero-order valence-corrected chi connectivity index (χ0v) is 9.82. The standard InChI is InChI=1S/C11H16N2O3/c1-11(2,15-3)10-12-9(16-13-10)6-8(14)7-4-5-7/h7H,4-6H2,1-3H3. The number of ether oxygens (including phenoxy) is 1. The van der Waals surface area contributed by atoms with Crippen LogP contribution in [0.25, 0.3) is 0 Å². The number of rotatable bonds is 5. The average Bonchev–Trinajstić information content (AvgIpc) is 2.99. The summed E-state index contributed by atoms with van der Waals surface area (Å²) in [7, 11) is 1.59. The SMILES string of the molecule is COC(C)(C)c1noc(CC(=O)C2CC2)n1. The number of carbonyl (C=O) groups is 1. The first kappa shape index (κ1) is 11.3. The third kappa shape index (κ3) is 2.29. The van der Waals surface area contributed by atoms with Gasteiger partial charge in [0.1, 0.15) is 11.4 Å². The third-order valence-corrected chi connectivity index (χ3v) is 2.88. The van der Waals surface area contributed by atoms with Crippen LogP contribution in [0.2, 0.25) is 0 Å². The fourth-order valence-electron chi connectivity index (χ4n) is 1.36. The predicted molar refractivity (Wildman–Crippen MR) is 55.8 cm³/mol. The minimum atomic E-state index is -0.579. The maximum atomic E-state index is 11.5. The molecule has 0 saturated heterocycles. The van der Waals surface area contributed by atoms with Crippen LogP contribution in [-0.4, -0.2) is 23.0 Å². The van der Waals surface area contributed by atoms with Gasteiger partial charge in [0.25, 0.3) is 0 Å². The van der Waals surface area contributed by atoms with Crippen molar-refractivity contribution in [3.63, 3.8) is 0 Å². The van der Waals surface area contributed by atoms with Gasteiger partial charge in [0.2, 0.25) is 11.7 Å². The van der Waals surface area contributed by atoms with Crippen molar-refractivity contribution in [3.05, 3.63) is 11.7 Å². The van der Waals surface area contributed by atoms with Gasteiger partial charge >= 0.3 is 0 Å². The van der Waals surface area contributed by atoms with Crippen molar-refractivity contribution in [1.29, 1.82) is 0 Å². The molecular weight excluding hydrogens is 208 g/mol. The Kier molecular flexibility index (Phi) is 2.80. The highest BCUT2D eigenvalue weighted by molar-refractivity contribution is 5.84. The van der Waals surface area contributed by atoms with Crippen LogP contribution < -0.4 is 0 Å². The molecule has 1 heterocycles. The molecule has 0 radical (unpaired) electrons. The monoisotopic (exact) mass is 224 g/mol. The molecule has 0 unspecified atom stereocenters. The van der Waals surface area contributed by atoms with Gasteiger partial charge in [0.05, 0.1) is 6.42 Å². The fraction of sp³-hybridized carbons (Fsp3) is 0.727. The Bertz CT molecular complexity index is 394. The molecule has 0 aliphatic heterocycles. The second-order valence-electron chi connectivity index (χ2n) is 4.64. The normalized spacial score (nSPS) is 16.4. The summed E-state index contributed by atoms with van der Waals surface area (Å²) in [5, 5.41) is 3.83. The number of ketones is 1. The predicted octanol–water partition coefficient (Wildman–Crippen LogP) is 1.47. The molecule has 0 bridgehead atoms. The molecule has 1 aliphatic carbocycles. The Balaban J connectivity index is 2.04. The third-order valence-electron chi connectivity index (χ3n) is 2.88. The quantitative estimate of drug-likeness (QED) is 0.757. The molecule has 0 N–H and O–H groups in total. The van der Waals surface area contributed by atoms with E-state index in [1.165, 1.54) is 0 Å². The number of hydrogen-bond acceptors (Lipinski definition) is 5. The summed E-state index contributed by atoms with van der Waals surface area (Å²) in [6.07, 6.45) is 2.25. The van der Waals surface area contributed by atoms with E-state index < -0.39 is 5.60 Å². The number of methoxy groups -OCH3 is 1. The summed E-state index contributed by atoms with van der Waals surface area (Å²) >= 11 is 0. The molecule has 1 saturated carbocycles. The van der Waals surface area contributed by atoms with Gasteiger partial charge in [-0.25, -0.2) is 0 Å². The highest BCUT2D eigenvalue weighted by atomic mass is 16.5. The zero-order valence-electron chi connectivity index (χ0n) is 9.82. The molecule has 1 aliphatic rings. The molecule has 0 spiro atoms. The van der Waals surface area contributed by atoms with Gasteiger partial charge in [0, 0.05) is 13.0 Å². The highest BCUT2D eigenvalue weighted by Gasteiger charge is 2.32. The molecule has 88 valence electrons. The molecular formula is C11H16N2O3. The molecule has 1 aromatic heterocycles. The molecule has 1 fully saturated rings. The van der Waals surface area contributed by atoms with E-state index in [9.17, 15) is 4.79 Å². The minimum Gasteiger partial charge on any atom is -0.371 e. The molecule has 2 rings (SSSR count). The van der Waals surface area contributed by atoms with Crippen molar-refractivity contribution >= 4 is 5.78 Å². The van der Waals surface area contributed by atoms with Crippen molar-refractivity contribution in [2.75, 3.05) is 7.11 Å². The van der Waals surface area contributed by atoms with Crippen LogP contribution >= 0.6 is 0 Å². The molecule has 16 heavy (non-hydrogen) atoms. The maximum absolute atomic E-state index is 11.5. The first-order chi connectivity index (χ1) is 7.53. The van der Waals surface area contributed by atoms with E-state index in [-0.39, 0.29) is 18.1 Å². The Morgan fingerprint density at radius 3 is 2.81 bits per heavy atom. The molecule has 5 heteroatoms. The van der Waals surface area contributed by atoms with E-state index in [0.29, 0.717) is 11.7 Å². The second-order valence-corrected chi connectivity index (χ2v) is 4.64. The van der Waals surface area contributed by atoms with Crippen LogP contribution in [0.1, 0.15) is 38.4 Å². The summed E-state index contributed by atoms with van der Waals surface area (Å²) < 4.78 is 10.3. The number of Topliss-reactive ketones (excluding diaryl/α,β-unsaturated/α-hetero) is 1. The maximum Gasteiger partial charge on any atom is 0.234 e. The lowest BCUT2D eigenvalue weighted by Gasteiger charge is -2.17. The minimum absolute atomic E-state index is 0.199. The van der Waals surface area contributed by atoms with Gasteiger partial charge in [-0.05, 0) is 26.7 Å². The molecule has 5 nitrogen and oxygen atoms in total. The van der Waals surface area contributed by atoms with Crippen molar-refractivity contribution < 1.29 is 14.1 Å². The van der Waals surface area contributed by atoms with Gasteiger partial charge in [-0.3, -0.25) is 4.79 Å². The summed E-state index contributed by atoms with van der Waals surface area (Å²) in [6, 6.07) is 0. The Labute approximate surface area is 94.2 Å². The van der Waals surface area contributed by atoms with E-state index in [1.807, 2.05) is 13.8 Å². The lowest BCUT2D eigenvalue weighted by molar-refractivity contribution is -0.119. The zero-order chi connectivity index (χ0) is 11.8. The van der Waals surface area contributed by atoms with Crippen LogP contribution in [0.15, 0.2) is 4.52 Å². The molecule has 0 aromatic carbocycles. The fourth-order valence-corrected chi connectivity index (χ4v) is 1.36. The number of aromatic nitrogens is 2. The van der Waals surface area contributed by atoms with Crippen molar-refractivity contribution in [3.8, 4) is 0 Å². The largest absolute Gasteiger partial charge is 0.371 e. The first-order valence-corrected chi connectivity index (χ1v) is 5.44. The van der Waals surface area contributed by atoms with E-state index in [0.717, 1.165) is 12.8 Å². The molecule has 0 atom stereocenters. The van der Waals surface area contributed by atoms with Gasteiger partial charge in [0.15, 0.2) is 0 Å². The first-order valence-electron chi connectivity index (χ1n) is 5.44. The summed E-state index contributed by atoms with van der Waals surface area (Å²) in [4.78, 5) is 15.7. The lowest BCUT2D eigenvalue weighted by Crippen LogP contribution is -2.21. The van der Waals surface area contributed by atoms with Crippen LogP contribution in [-0.2, 0) is 21.6 Å². The Morgan fingerprint density at radius 2 is 2.25 bits per heavy atom. The summed E-state index contributed by atoms with van der Waals surface area (Å²) in [5.41, 5.74) is -0.579. The van der Waals surface area contributed by atoms with Gasteiger partial charge in [-0.2, -0.15) is 4.98 Å². The Hall–Kier alpha value is -1.23. The van der Waals surface area contributed by atoms with Crippen molar-refractivity contribution in [2.45, 2.75) is 38.7 Å². The van der Waals surface area contributed by atoms with Crippen molar-refractivity contribution in [2.24, 2.45) is 5.92 Å². The molecule has 1 aromatic rings. The summed E-state index contributed by atoms with van der Waals surface area (Å²) in [6.45, 7) is 3.70. The lowest BCUT2D eigenvalue weighted by atomic mass is 10.1. The average molecular weight is 224 g/mol. The van der Waals surface area contributed by atoms with E-state index >= 15 is 0 Å². The van der Waals surface area contributed by atoms with Crippen LogP contribution in [0.5, 0.6) is 0 Å². The summed E-state index contributed by atoms with van der Waals surface area (Å²) in [5.74, 6) is 1.29. The van der Waals surface area contributed by atoms with Gasteiger partial charge in [-0.15, -0.1) is 0 Å². The van der Waals surface area contributed by atoms with Crippen LogP contribution in [0, 0.1) is 5.92 Å². The van der Waals surface area contributed by atoms with Crippen LogP contribution in [0.4, 0.5) is 0 Å². The van der Waals surface area contributed by atoms with E-state index in [2.05, 4.69) is 10.1 Å². The topological polar surface area (TPSA) is 65.2 Å². The number of hydrogen-bond donors (Lipinski definition) is 0. The number of nitrogens with zero attached hydrogens (tertiary/aromatic N) is 2. The second kappa shape index (κ2) is 3.97. The Morgan fingerprint density at radius 1 is 1.56 bits per heavy atom. The number of carbonyl (C=O) groups excluding carboxylic acids is 1. The smallest absolute Gasteiger partial charge is 0.234 e. The van der Waals surface area contributed by atoms with Crippen LogP contribution in [0.3, 0.4) is 0 Å². The van der Waals surface area contributed by atoms with Gasteiger partial charge in [-0.1, -0.05) is 5.16 Å². The van der Waals surface area contributed by atoms with E-state index in [4.69, 9.17) is 9.26 Å². The van der Waals surface area contributed by atoms with Crippen molar-refractivity contribution in [1.82, 2.24) is 10.1 Å². The van der Waals surface area contributed by atoms with Gasteiger partial charge < -0.3 is 9.26 Å². The molecule has 0 amide bonds. The van der Waals surface area contributed by atoms with E-state index in [1.54, 1.807) is 7.11 Å². The highest BCUT2D eigenvalue weighted by Crippen LogP contribution is 2.31.